The number of aromatic nitrogens is 3. The maximum atomic E-state index is 5.79. The van der Waals surface area contributed by atoms with Gasteiger partial charge in [-0.2, -0.15) is 5.10 Å². The largest absolute Gasteiger partial charge is 0.497 e. The Morgan fingerprint density at radius 3 is 2.93 bits per heavy atom. The number of ether oxygens (including phenoxy) is 1. The van der Waals surface area contributed by atoms with Gasteiger partial charge in [-0.1, -0.05) is 0 Å². The molecule has 0 amide bonds. The molecule has 0 saturated heterocycles. The molecule has 1 heterocycles. The molecule has 5 heteroatoms. The molecule has 2 aromatic rings. The molecule has 0 aliphatic rings. The normalized spacial score (nSPS) is 10.1. The molecule has 0 bridgehead atoms. The first-order chi connectivity index (χ1) is 6.81. The molecule has 0 unspecified atom stereocenters. The summed E-state index contributed by atoms with van der Waals surface area (Å²) in [6.07, 6.45) is 1.44. The quantitative estimate of drug-likeness (QED) is 0.694. The van der Waals surface area contributed by atoms with Crippen LogP contribution in [0.4, 0.5) is 5.69 Å². The van der Waals surface area contributed by atoms with Gasteiger partial charge in [-0.25, -0.2) is 4.98 Å². The van der Waals surface area contributed by atoms with Gasteiger partial charge in [0.25, 0.3) is 0 Å². The summed E-state index contributed by atoms with van der Waals surface area (Å²) >= 11 is 0. The Bertz CT molecular complexity index is 424. The van der Waals surface area contributed by atoms with Crippen molar-refractivity contribution in [1.29, 1.82) is 0 Å². The van der Waals surface area contributed by atoms with Crippen LogP contribution in [0.15, 0.2) is 24.5 Å². The van der Waals surface area contributed by atoms with Crippen LogP contribution in [-0.2, 0) is 0 Å². The lowest BCUT2D eigenvalue weighted by Crippen LogP contribution is -1.93. The molecule has 2 rings (SSSR count). The Labute approximate surface area is 80.9 Å². The fourth-order valence-corrected chi connectivity index (χ4v) is 1.20. The average Bonchev–Trinajstić information content (AvgIpc) is 2.71. The van der Waals surface area contributed by atoms with Crippen molar-refractivity contribution in [3.05, 3.63) is 24.5 Å². The standard InChI is InChI=1S/C9H10N4O/c1-14-6-2-3-8(10)7(4-6)9-11-5-12-13-9/h2-5H,10H2,1H3,(H,11,12,13). The molecule has 0 fully saturated rings. The van der Waals surface area contributed by atoms with Gasteiger partial charge in [-0.05, 0) is 18.2 Å². The van der Waals surface area contributed by atoms with E-state index in [4.69, 9.17) is 10.5 Å². The maximum absolute atomic E-state index is 5.79. The Hall–Kier alpha value is -2.04. The lowest BCUT2D eigenvalue weighted by molar-refractivity contribution is 0.415. The number of methoxy groups -OCH3 is 1. The third-order valence-corrected chi connectivity index (χ3v) is 1.93. The minimum Gasteiger partial charge on any atom is -0.497 e. The topological polar surface area (TPSA) is 76.8 Å². The number of nitrogens with one attached hydrogen (secondary N) is 1. The molecular formula is C9H10N4O. The molecule has 1 aromatic heterocycles. The van der Waals surface area contributed by atoms with Crippen LogP contribution >= 0.6 is 0 Å². The zero-order valence-electron chi connectivity index (χ0n) is 7.69. The minimum atomic E-state index is 0.640. The van der Waals surface area contributed by atoms with Crippen LogP contribution in [0.2, 0.25) is 0 Å². The second-order valence-electron chi connectivity index (χ2n) is 2.79. The number of benzene rings is 1. The molecule has 0 aliphatic heterocycles. The van der Waals surface area contributed by atoms with Gasteiger partial charge in [0, 0.05) is 11.3 Å². The highest BCUT2D eigenvalue weighted by molar-refractivity contribution is 5.72. The van der Waals surface area contributed by atoms with Crippen LogP contribution in [0, 0.1) is 0 Å². The van der Waals surface area contributed by atoms with Crippen LogP contribution < -0.4 is 10.5 Å². The molecular weight excluding hydrogens is 180 g/mol. The van der Waals surface area contributed by atoms with E-state index in [1.807, 2.05) is 6.07 Å². The number of nitrogen functional groups attached to an aromatic ring is 1. The van der Waals surface area contributed by atoms with Crippen LogP contribution in [0.1, 0.15) is 0 Å². The summed E-state index contributed by atoms with van der Waals surface area (Å²) in [6, 6.07) is 5.39. The maximum Gasteiger partial charge on any atom is 0.157 e. The third kappa shape index (κ3) is 1.39. The summed E-state index contributed by atoms with van der Waals surface area (Å²) in [6.45, 7) is 0. The van der Waals surface area contributed by atoms with E-state index < -0.39 is 0 Å². The molecule has 0 saturated carbocycles. The van der Waals surface area contributed by atoms with Gasteiger partial charge in [0.2, 0.25) is 0 Å². The van der Waals surface area contributed by atoms with E-state index in [9.17, 15) is 0 Å². The third-order valence-electron chi connectivity index (χ3n) is 1.93. The number of hydrogen-bond acceptors (Lipinski definition) is 4. The van der Waals surface area contributed by atoms with Gasteiger partial charge >= 0.3 is 0 Å². The lowest BCUT2D eigenvalue weighted by Gasteiger charge is -2.04. The molecule has 72 valence electrons. The Morgan fingerprint density at radius 2 is 2.29 bits per heavy atom. The fraction of sp³-hybridized carbons (Fsp3) is 0.111. The smallest absolute Gasteiger partial charge is 0.157 e. The van der Waals surface area contributed by atoms with E-state index in [0.29, 0.717) is 11.5 Å². The molecule has 5 nitrogen and oxygen atoms in total. The number of nitrogens with two attached hydrogens (primary N) is 1. The number of H-pyrrole nitrogens is 1. The SMILES string of the molecule is COc1ccc(N)c(-c2ncn[nH]2)c1. The zero-order valence-corrected chi connectivity index (χ0v) is 7.69. The predicted molar refractivity (Wildman–Crippen MR) is 52.8 cm³/mol. The van der Waals surface area contributed by atoms with Gasteiger partial charge in [-0.15, -0.1) is 0 Å². The molecule has 1 aromatic carbocycles. The Balaban J connectivity index is 2.51. The monoisotopic (exact) mass is 190 g/mol. The Morgan fingerprint density at radius 1 is 1.43 bits per heavy atom. The van der Waals surface area contributed by atoms with Gasteiger partial charge in [0.15, 0.2) is 5.82 Å². The van der Waals surface area contributed by atoms with E-state index >= 15 is 0 Å². The van der Waals surface area contributed by atoms with Crippen molar-refractivity contribution in [2.24, 2.45) is 0 Å². The summed E-state index contributed by atoms with van der Waals surface area (Å²) in [5, 5.41) is 6.51. The summed E-state index contributed by atoms with van der Waals surface area (Å²) in [4.78, 5) is 4.02. The van der Waals surface area contributed by atoms with Crippen LogP contribution in [0.25, 0.3) is 11.4 Å². The second kappa shape index (κ2) is 3.37. The van der Waals surface area contributed by atoms with E-state index in [2.05, 4.69) is 15.2 Å². The average molecular weight is 190 g/mol. The Kier molecular flexibility index (Phi) is 2.06. The lowest BCUT2D eigenvalue weighted by atomic mass is 10.1. The highest BCUT2D eigenvalue weighted by Gasteiger charge is 2.06. The minimum absolute atomic E-state index is 0.640. The van der Waals surface area contributed by atoms with E-state index in [1.54, 1.807) is 19.2 Å². The van der Waals surface area contributed by atoms with Crippen LogP contribution in [0.3, 0.4) is 0 Å². The molecule has 3 N–H and O–H groups in total. The number of anilines is 1. The highest BCUT2D eigenvalue weighted by atomic mass is 16.5. The van der Waals surface area contributed by atoms with E-state index in [1.165, 1.54) is 6.33 Å². The summed E-state index contributed by atoms with van der Waals surface area (Å²) in [5.74, 6) is 1.38. The van der Waals surface area contributed by atoms with Gasteiger partial charge < -0.3 is 10.5 Å². The van der Waals surface area contributed by atoms with Crippen molar-refractivity contribution in [2.75, 3.05) is 12.8 Å². The van der Waals surface area contributed by atoms with Crippen molar-refractivity contribution in [2.45, 2.75) is 0 Å². The summed E-state index contributed by atoms with van der Waals surface area (Å²) in [7, 11) is 1.61. The summed E-state index contributed by atoms with van der Waals surface area (Å²) < 4.78 is 5.09. The van der Waals surface area contributed by atoms with Crippen LogP contribution in [0.5, 0.6) is 5.75 Å². The second-order valence-corrected chi connectivity index (χ2v) is 2.79. The first kappa shape index (κ1) is 8.55. The number of hydrogen-bond donors (Lipinski definition) is 2. The molecule has 0 aliphatic carbocycles. The van der Waals surface area contributed by atoms with Crippen LogP contribution in [-0.4, -0.2) is 22.3 Å². The number of aromatic amines is 1. The number of nitrogens with zero attached hydrogens (tertiary/aromatic N) is 2. The van der Waals surface area contributed by atoms with Crippen molar-refractivity contribution in [3.8, 4) is 17.1 Å². The van der Waals surface area contributed by atoms with Gasteiger partial charge in [0.1, 0.15) is 12.1 Å². The van der Waals surface area contributed by atoms with E-state index in [0.717, 1.165) is 11.3 Å². The summed E-state index contributed by atoms with van der Waals surface area (Å²) in [5.41, 5.74) is 7.23. The fourth-order valence-electron chi connectivity index (χ4n) is 1.20. The molecule has 14 heavy (non-hydrogen) atoms. The molecule has 0 atom stereocenters. The van der Waals surface area contributed by atoms with E-state index in [-0.39, 0.29) is 0 Å². The van der Waals surface area contributed by atoms with Crippen molar-refractivity contribution in [3.63, 3.8) is 0 Å². The first-order valence-corrected chi connectivity index (χ1v) is 4.10. The van der Waals surface area contributed by atoms with Crippen molar-refractivity contribution < 1.29 is 4.74 Å². The van der Waals surface area contributed by atoms with Gasteiger partial charge in [-0.3, -0.25) is 5.10 Å². The van der Waals surface area contributed by atoms with Gasteiger partial charge in [0.05, 0.1) is 7.11 Å². The highest BCUT2D eigenvalue weighted by Crippen LogP contribution is 2.26. The molecule has 0 radical (unpaired) electrons. The predicted octanol–water partition coefficient (Wildman–Crippen LogP) is 1.06. The first-order valence-electron chi connectivity index (χ1n) is 4.10. The number of rotatable bonds is 2. The van der Waals surface area contributed by atoms with Crippen molar-refractivity contribution in [1.82, 2.24) is 15.2 Å². The molecule has 0 spiro atoms. The van der Waals surface area contributed by atoms with Crippen molar-refractivity contribution >= 4 is 5.69 Å². The zero-order chi connectivity index (χ0) is 9.97.